The molecule has 0 amide bonds. The summed E-state index contributed by atoms with van der Waals surface area (Å²) in [4.78, 5) is 6.89. The Morgan fingerprint density at radius 3 is 2.88 bits per heavy atom. The van der Waals surface area contributed by atoms with E-state index in [9.17, 15) is 0 Å². The number of halogens is 1. The van der Waals surface area contributed by atoms with E-state index >= 15 is 0 Å². The van der Waals surface area contributed by atoms with E-state index in [-0.39, 0.29) is 0 Å². The molecule has 0 aliphatic carbocycles. The standard InChI is InChI=1S/C11H18BrN3S/c1-2-15(11-14-10(12)8-16-11)7-9-3-5-13-6-4-9/h8-9,13H,2-7H2,1H3. The van der Waals surface area contributed by atoms with E-state index in [1.165, 1.54) is 25.9 Å². The predicted molar refractivity (Wildman–Crippen MR) is 73.3 cm³/mol. The molecule has 1 aromatic heterocycles. The van der Waals surface area contributed by atoms with Crippen LogP contribution in [0.3, 0.4) is 0 Å². The fraction of sp³-hybridized carbons (Fsp3) is 0.727. The Kier molecular flexibility index (Phi) is 4.61. The average Bonchev–Trinajstić information content (AvgIpc) is 2.74. The molecule has 0 aromatic carbocycles. The van der Waals surface area contributed by atoms with Gasteiger partial charge in [0.2, 0.25) is 0 Å². The molecule has 2 rings (SSSR count). The molecule has 3 nitrogen and oxygen atoms in total. The monoisotopic (exact) mass is 303 g/mol. The van der Waals surface area contributed by atoms with Crippen LogP contribution in [0.4, 0.5) is 5.13 Å². The number of thiazole rings is 1. The first-order valence-electron chi connectivity index (χ1n) is 5.86. The number of piperidine rings is 1. The van der Waals surface area contributed by atoms with Crippen molar-refractivity contribution in [1.82, 2.24) is 10.3 Å². The van der Waals surface area contributed by atoms with Crippen molar-refractivity contribution in [2.45, 2.75) is 19.8 Å². The van der Waals surface area contributed by atoms with Gasteiger partial charge in [-0.15, -0.1) is 11.3 Å². The maximum atomic E-state index is 4.49. The molecular formula is C11H18BrN3S. The highest BCUT2D eigenvalue weighted by Gasteiger charge is 2.17. The molecule has 1 saturated heterocycles. The van der Waals surface area contributed by atoms with Crippen LogP contribution in [0.5, 0.6) is 0 Å². The van der Waals surface area contributed by atoms with Gasteiger partial charge in [0.05, 0.1) is 0 Å². The van der Waals surface area contributed by atoms with Gasteiger partial charge in [0.15, 0.2) is 5.13 Å². The zero-order chi connectivity index (χ0) is 11.4. The number of anilines is 1. The Morgan fingerprint density at radius 2 is 2.31 bits per heavy atom. The normalized spacial score (nSPS) is 17.6. The highest BCUT2D eigenvalue weighted by atomic mass is 79.9. The third-order valence-electron chi connectivity index (χ3n) is 3.05. The van der Waals surface area contributed by atoms with Crippen LogP contribution in [0.25, 0.3) is 0 Å². The average molecular weight is 304 g/mol. The van der Waals surface area contributed by atoms with Gasteiger partial charge in [-0.1, -0.05) is 0 Å². The first kappa shape index (κ1) is 12.3. The molecule has 0 atom stereocenters. The highest BCUT2D eigenvalue weighted by molar-refractivity contribution is 9.10. The summed E-state index contributed by atoms with van der Waals surface area (Å²) in [6.07, 6.45) is 2.59. The largest absolute Gasteiger partial charge is 0.348 e. The quantitative estimate of drug-likeness (QED) is 0.927. The van der Waals surface area contributed by atoms with Crippen molar-refractivity contribution in [3.63, 3.8) is 0 Å². The first-order valence-corrected chi connectivity index (χ1v) is 7.53. The summed E-state index contributed by atoms with van der Waals surface area (Å²) in [6, 6.07) is 0. The van der Waals surface area contributed by atoms with Crippen molar-refractivity contribution in [2.75, 3.05) is 31.1 Å². The summed E-state index contributed by atoms with van der Waals surface area (Å²) < 4.78 is 0.955. The van der Waals surface area contributed by atoms with Crippen molar-refractivity contribution in [3.8, 4) is 0 Å². The molecule has 0 unspecified atom stereocenters. The summed E-state index contributed by atoms with van der Waals surface area (Å²) in [7, 11) is 0. The fourth-order valence-corrected chi connectivity index (χ4v) is 3.43. The molecule has 1 fully saturated rings. The smallest absolute Gasteiger partial charge is 0.186 e. The van der Waals surface area contributed by atoms with Crippen molar-refractivity contribution >= 4 is 32.4 Å². The molecule has 1 aromatic rings. The van der Waals surface area contributed by atoms with Crippen LogP contribution in [0.1, 0.15) is 19.8 Å². The number of hydrogen-bond acceptors (Lipinski definition) is 4. The van der Waals surface area contributed by atoms with Crippen molar-refractivity contribution in [3.05, 3.63) is 9.98 Å². The van der Waals surface area contributed by atoms with Crippen LogP contribution < -0.4 is 10.2 Å². The summed E-state index contributed by atoms with van der Waals surface area (Å²) in [5, 5.41) is 6.61. The minimum Gasteiger partial charge on any atom is -0.348 e. The van der Waals surface area contributed by atoms with Crippen LogP contribution in [0.2, 0.25) is 0 Å². The molecule has 2 heterocycles. The lowest BCUT2D eigenvalue weighted by Gasteiger charge is -2.29. The minimum atomic E-state index is 0.823. The zero-order valence-corrected chi connectivity index (χ0v) is 12.0. The highest BCUT2D eigenvalue weighted by Crippen LogP contribution is 2.25. The van der Waals surface area contributed by atoms with Gasteiger partial charge >= 0.3 is 0 Å². The van der Waals surface area contributed by atoms with E-state index in [4.69, 9.17) is 0 Å². The summed E-state index contributed by atoms with van der Waals surface area (Å²) in [5.41, 5.74) is 0. The third-order valence-corrected chi connectivity index (χ3v) is 4.66. The van der Waals surface area contributed by atoms with Crippen LogP contribution in [-0.4, -0.2) is 31.2 Å². The molecule has 0 radical (unpaired) electrons. The second-order valence-corrected chi connectivity index (χ2v) is 5.83. The molecule has 1 N–H and O–H groups in total. The van der Waals surface area contributed by atoms with E-state index in [1.54, 1.807) is 11.3 Å². The van der Waals surface area contributed by atoms with Crippen LogP contribution in [-0.2, 0) is 0 Å². The van der Waals surface area contributed by atoms with E-state index < -0.39 is 0 Å². The first-order chi connectivity index (χ1) is 7.79. The number of hydrogen-bond donors (Lipinski definition) is 1. The molecule has 1 aliphatic heterocycles. The van der Waals surface area contributed by atoms with E-state index in [2.05, 4.69) is 43.4 Å². The van der Waals surface area contributed by atoms with Gasteiger partial charge in [0.25, 0.3) is 0 Å². The maximum Gasteiger partial charge on any atom is 0.186 e. The fourth-order valence-electron chi connectivity index (χ4n) is 2.11. The lowest BCUT2D eigenvalue weighted by atomic mass is 9.98. The molecule has 0 saturated carbocycles. The van der Waals surface area contributed by atoms with Crippen molar-refractivity contribution in [1.29, 1.82) is 0 Å². The van der Waals surface area contributed by atoms with Gasteiger partial charge in [-0.25, -0.2) is 4.98 Å². The molecule has 90 valence electrons. The van der Waals surface area contributed by atoms with Gasteiger partial charge in [0, 0.05) is 18.5 Å². The Balaban J connectivity index is 1.94. The number of nitrogens with zero attached hydrogens (tertiary/aromatic N) is 2. The number of aromatic nitrogens is 1. The van der Waals surface area contributed by atoms with E-state index in [0.29, 0.717) is 0 Å². The van der Waals surface area contributed by atoms with Gasteiger partial charge < -0.3 is 10.2 Å². The van der Waals surface area contributed by atoms with Gasteiger partial charge in [-0.05, 0) is 54.7 Å². The third kappa shape index (κ3) is 3.18. The summed E-state index contributed by atoms with van der Waals surface area (Å²) in [6.45, 7) is 6.74. The number of rotatable bonds is 4. The van der Waals surface area contributed by atoms with Gasteiger partial charge in [0.1, 0.15) is 4.60 Å². The Morgan fingerprint density at radius 1 is 1.56 bits per heavy atom. The topological polar surface area (TPSA) is 28.2 Å². The number of nitrogens with one attached hydrogen (secondary N) is 1. The molecule has 16 heavy (non-hydrogen) atoms. The van der Waals surface area contributed by atoms with Crippen LogP contribution >= 0.6 is 27.3 Å². The minimum absolute atomic E-state index is 0.823. The Hall–Kier alpha value is -0.130. The lowest BCUT2D eigenvalue weighted by molar-refractivity contribution is 0.374. The van der Waals surface area contributed by atoms with Gasteiger partial charge in [-0.2, -0.15) is 0 Å². The molecule has 1 aliphatic rings. The van der Waals surface area contributed by atoms with Crippen LogP contribution in [0, 0.1) is 5.92 Å². The Labute approximate surface area is 109 Å². The van der Waals surface area contributed by atoms with Crippen molar-refractivity contribution in [2.24, 2.45) is 5.92 Å². The molecule has 0 spiro atoms. The lowest BCUT2D eigenvalue weighted by Crippen LogP contribution is -2.36. The van der Waals surface area contributed by atoms with E-state index in [1.807, 2.05) is 0 Å². The predicted octanol–water partition coefficient (Wildman–Crippen LogP) is 2.73. The summed E-state index contributed by atoms with van der Waals surface area (Å²) in [5.74, 6) is 0.823. The second kappa shape index (κ2) is 5.98. The van der Waals surface area contributed by atoms with Crippen molar-refractivity contribution < 1.29 is 0 Å². The zero-order valence-electron chi connectivity index (χ0n) is 9.58. The molecular weight excluding hydrogens is 286 g/mol. The molecule has 5 heteroatoms. The molecule has 0 bridgehead atoms. The maximum absolute atomic E-state index is 4.49. The second-order valence-electron chi connectivity index (χ2n) is 4.18. The SMILES string of the molecule is CCN(CC1CCNCC1)c1nc(Br)cs1. The Bertz CT molecular complexity index is 323. The van der Waals surface area contributed by atoms with Gasteiger partial charge in [-0.3, -0.25) is 0 Å². The van der Waals surface area contributed by atoms with Crippen LogP contribution in [0.15, 0.2) is 9.98 Å². The summed E-state index contributed by atoms with van der Waals surface area (Å²) >= 11 is 5.14. The van der Waals surface area contributed by atoms with E-state index in [0.717, 1.165) is 28.7 Å².